The number of aliphatic hydroxyl groups excluding tert-OH is 1. The summed E-state index contributed by atoms with van der Waals surface area (Å²) in [6.07, 6.45) is -1.62. The Hall–Kier alpha value is -0.890. The van der Waals surface area contributed by atoms with Crippen molar-refractivity contribution in [1.29, 1.82) is 0 Å². The number of carbonyl (C=O) groups excluding carboxylic acids is 3. The maximum Gasteiger partial charge on any atom is 1.00 e. The molecule has 1 N–H and O–H groups in total. The fraction of sp³-hybridized carbons (Fsp3) is 0.688. The van der Waals surface area contributed by atoms with E-state index in [0.29, 0.717) is 5.57 Å². The Morgan fingerprint density at radius 3 is 2.21 bits per heavy atom. The maximum atomic E-state index is 12.2. The SMILES string of the molecule is CC(=O)O[C@H](C1=C(C(=O)[O-])N2C(=O)[C@H]([C@@H](C)O)C2[C@H]1C)C(C)C.[Na+]. The molecule has 7 nitrogen and oxygen atoms in total. The van der Waals surface area contributed by atoms with Crippen molar-refractivity contribution in [2.75, 3.05) is 0 Å². The number of nitrogens with zero attached hydrogens (tertiary/aromatic N) is 1. The summed E-state index contributed by atoms with van der Waals surface area (Å²) in [7, 11) is 0. The predicted octanol–water partition coefficient (Wildman–Crippen LogP) is -3.56. The molecular formula is C16H22NNaO6. The summed E-state index contributed by atoms with van der Waals surface area (Å²) >= 11 is 0. The van der Waals surface area contributed by atoms with E-state index in [4.69, 9.17) is 4.74 Å². The summed E-state index contributed by atoms with van der Waals surface area (Å²) in [5.41, 5.74) is 0.168. The van der Waals surface area contributed by atoms with Crippen molar-refractivity contribution in [2.45, 2.75) is 52.9 Å². The molecular weight excluding hydrogens is 325 g/mol. The molecule has 0 radical (unpaired) electrons. The monoisotopic (exact) mass is 347 g/mol. The molecule has 1 fully saturated rings. The van der Waals surface area contributed by atoms with Crippen LogP contribution in [0.25, 0.3) is 0 Å². The van der Waals surface area contributed by atoms with Gasteiger partial charge in [0.1, 0.15) is 6.10 Å². The van der Waals surface area contributed by atoms with E-state index in [-0.39, 0.29) is 47.1 Å². The third-order valence-corrected chi connectivity index (χ3v) is 4.62. The molecule has 8 heteroatoms. The molecule has 24 heavy (non-hydrogen) atoms. The van der Waals surface area contributed by atoms with Crippen molar-refractivity contribution in [1.82, 2.24) is 4.90 Å². The van der Waals surface area contributed by atoms with Gasteiger partial charge in [-0.1, -0.05) is 20.8 Å². The molecule has 2 heterocycles. The Kier molecular flexibility index (Phi) is 6.66. The van der Waals surface area contributed by atoms with E-state index in [1.54, 1.807) is 6.92 Å². The zero-order valence-corrected chi connectivity index (χ0v) is 16.9. The number of ether oxygens (including phenoxy) is 1. The van der Waals surface area contributed by atoms with Gasteiger partial charge in [0.25, 0.3) is 0 Å². The van der Waals surface area contributed by atoms with Crippen molar-refractivity contribution in [3.8, 4) is 0 Å². The molecule has 0 saturated carbocycles. The number of fused-ring (bicyclic) bond motifs is 1. The molecule has 1 amide bonds. The fourth-order valence-electron chi connectivity index (χ4n) is 3.70. The van der Waals surface area contributed by atoms with E-state index in [9.17, 15) is 24.6 Å². The zero-order chi connectivity index (χ0) is 17.6. The van der Waals surface area contributed by atoms with Gasteiger partial charge in [0.15, 0.2) is 0 Å². The van der Waals surface area contributed by atoms with E-state index in [0.717, 1.165) is 0 Å². The van der Waals surface area contributed by atoms with Crippen LogP contribution in [0.1, 0.15) is 34.6 Å². The minimum Gasteiger partial charge on any atom is -0.543 e. The second-order valence-electron chi connectivity index (χ2n) is 6.62. The zero-order valence-electron chi connectivity index (χ0n) is 14.9. The molecule has 0 spiro atoms. The van der Waals surface area contributed by atoms with Gasteiger partial charge < -0.3 is 24.6 Å². The Morgan fingerprint density at radius 2 is 1.83 bits per heavy atom. The molecule has 0 aromatic rings. The van der Waals surface area contributed by atoms with Crippen LogP contribution in [-0.4, -0.2) is 46.1 Å². The van der Waals surface area contributed by atoms with Crippen molar-refractivity contribution in [2.24, 2.45) is 17.8 Å². The predicted molar refractivity (Wildman–Crippen MR) is 77.4 cm³/mol. The molecule has 128 valence electrons. The molecule has 2 rings (SSSR count). The van der Waals surface area contributed by atoms with E-state index < -0.39 is 42.0 Å². The molecule has 0 aromatic heterocycles. The summed E-state index contributed by atoms with van der Waals surface area (Å²) in [5.74, 6) is -3.58. The minimum atomic E-state index is -1.47. The van der Waals surface area contributed by atoms with Gasteiger partial charge in [0.2, 0.25) is 5.91 Å². The summed E-state index contributed by atoms with van der Waals surface area (Å²) in [5, 5.41) is 21.4. The Bertz CT molecular complexity index is 585. The number of rotatable bonds is 5. The standard InChI is InChI=1S/C16H23NO6.Na/c1-6(2)14(23-9(5)19)10-7(3)12-11(8(4)18)15(20)17(12)13(10)16(21)22;/h6-8,11-12,14,18H,1-5H3,(H,21,22);/q;+1/p-1/t7-,8+,11+,12?,14-;/m0./s1. The van der Waals surface area contributed by atoms with Gasteiger partial charge in [-0.25, -0.2) is 0 Å². The fourth-order valence-corrected chi connectivity index (χ4v) is 3.70. The van der Waals surface area contributed by atoms with Crippen LogP contribution in [-0.2, 0) is 19.1 Å². The first kappa shape index (κ1) is 21.2. The van der Waals surface area contributed by atoms with Gasteiger partial charge in [-0.15, -0.1) is 0 Å². The molecule has 0 bridgehead atoms. The smallest absolute Gasteiger partial charge is 0.543 e. The van der Waals surface area contributed by atoms with Crippen LogP contribution in [0.15, 0.2) is 11.3 Å². The normalized spacial score (nSPS) is 28.0. The number of hydrogen-bond donors (Lipinski definition) is 1. The van der Waals surface area contributed by atoms with Crippen LogP contribution in [0.5, 0.6) is 0 Å². The van der Waals surface area contributed by atoms with Gasteiger partial charge in [-0.2, -0.15) is 0 Å². The van der Waals surface area contributed by atoms with Crippen molar-refractivity contribution >= 4 is 17.8 Å². The summed E-state index contributed by atoms with van der Waals surface area (Å²) < 4.78 is 5.31. The number of aliphatic hydroxyl groups is 1. The topological polar surface area (TPSA) is 107 Å². The van der Waals surface area contributed by atoms with Gasteiger partial charge in [-0.05, 0) is 12.8 Å². The summed E-state index contributed by atoms with van der Waals surface area (Å²) in [4.78, 5) is 36.4. The first-order valence-corrected chi connectivity index (χ1v) is 7.73. The van der Waals surface area contributed by atoms with Crippen LogP contribution < -0.4 is 34.7 Å². The van der Waals surface area contributed by atoms with E-state index in [1.807, 2.05) is 13.8 Å². The molecule has 1 unspecified atom stereocenters. The first-order valence-electron chi connectivity index (χ1n) is 7.73. The number of hydrogen-bond acceptors (Lipinski definition) is 6. The Balaban J connectivity index is 0.00000288. The van der Waals surface area contributed by atoms with Crippen LogP contribution in [0, 0.1) is 17.8 Å². The number of carbonyl (C=O) groups is 3. The van der Waals surface area contributed by atoms with Gasteiger partial charge in [0, 0.05) is 18.4 Å². The Labute approximate surface area is 163 Å². The average molecular weight is 347 g/mol. The van der Waals surface area contributed by atoms with Gasteiger partial charge >= 0.3 is 35.5 Å². The average Bonchev–Trinajstić information content (AvgIpc) is 2.65. The summed E-state index contributed by atoms with van der Waals surface area (Å²) in [6, 6.07) is -0.442. The first-order chi connectivity index (χ1) is 10.6. The second-order valence-corrected chi connectivity index (χ2v) is 6.62. The second kappa shape index (κ2) is 7.56. The molecule has 2 aliphatic rings. The van der Waals surface area contributed by atoms with E-state index in [2.05, 4.69) is 0 Å². The number of carboxylic acid groups (broad SMARTS) is 1. The third-order valence-electron chi connectivity index (χ3n) is 4.62. The van der Waals surface area contributed by atoms with Crippen molar-refractivity contribution < 1.29 is 58.9 Å². The largest absolute Gasteiger partial charge is 1.00 e. The molecule has 5 atom stereocenters. The molecule has 1 saturated heterocycles. The van der Waals surface area contributed by atoms with Crippen molar-refractivity contribution in [3.63, 3.8) is 0 Å². The number of β-lactam (4-membered cyclic amide) rings is 1. The van der Waals surface area contributed by atoms with Gasteiger partial charge in [0.05, 0.1) is 29.7 Å². The molecule has 0 aromatic carbocycles. The molecule has 2 aliphatic heterocycles. The Morgan fingerprint density at radius 1 is 1.29 bits per heavy atom. The molecule has 0 aliphatic carbocycles. The van der Waals surface area contributed by atoms with Crippen molar-refractivity contribution in [3.05, 3.63) is 11.3 Å². The number of carboxylic acids is 1. The number of esters is 1. The van der Waals surface area contributed by atoms with Crippen LogP contribution in [0.2, 0.25) is 0 Å². The number of aliphatic carboxylic acids is 1. The van der Waals surface area contributed by atoms with E-state index >= 15 is 0 Å². The van der Waals surface area contributed by atoms with Gasteiger partial charge in [-0.3, -0.25) is 9.59 Å². The third kappa shape index (κ3) is 3.27. The van der Waals surface area contributed by atoms with Crippen LogP contribution in [0.3, 0.4) is 0 Å². The van der Waals surface area contributed by atoms with E-state index in [1.165, 1.54) is 18.7 Å². The van der Waals surface area contributed by atoms with Crippen LogP contribution in [0.4, 0.5) is 0 Å². The maximum absolute atomic E-state index is 12.2. The summed E-state index contributed by atoms with van der Waals surface area (Å²) in [6.45, 7) is 8.17. The number of amides is 1. The minimum absolute atomic E-state index is 0. The van der Waals surface area contributed by atoms with Crippen LogP contribution >= 0.6 is 0 Å². The quantitative estimate of drug-likeness (QED) is 0.313.